The lowest BCUT2D eigenvalue weighted by Gasteiger charge is -2.17. The molecule has 0 heterocycles. The Kier molecular flexibility index (Phi) is 5.39. The van der Waals surface area contributed by atoms with Crippen LogP contribution in [0.4, 0.5) is 26.3 Å². The van der Waals surface area contributed by atoms with Crippen molar-refractivity contribution in [2.45, 2.75) is 30.2 Å². The summed E-state index contributed by atoms with van der Waals surface area (Å²) in [6, 6.07) is 7.42. The number of rotatable bonds is 4. The molecule has 0 unspecified atom stereocenters. The first-order chi connectivity index (χ1) is 11.8. The zero-order chi connectivity index (χ0) is 19.8. The first kappa shape index (κ1) is 20.2. The van der Waals surface area contributed by atoms with E-state index in [0.717, 1.165) is 0 Å². The second kappa shape index (κ2) is 6.92. The average molecular weight is 397 g/mol. The Labute approximate surface area is 145 Å². The second-order valence-corrected chi connectivity index (χ2v) is 7.21. The predicted octanol–water partition coefficient (Wildman–Crippen LogP) is 4.76. The van der Waals surface area contributed by atoms with Gasteiger partial charge in [0.05, 0.1) is 16.0 Å². The van der Waals surface area contributed by atoms with Gasteiger partial charge in [0.2, 0.25) is 10.0 Å². The quantitative estimate of drug-likeness (QED) is 0.756. The first-order valence-electron chi connectivity index (χ1n) is 7.17. The van der Waals surface area contributed by atoms with Gasteiger partial charge in [-0.15, -0.1) is 0 Å². The molecule has 0 amide bonds. The topological polar surface area (TPSA) is 46.2 Å². The Balaban J connectivity index is 2.48. The van der Waals surface area contributed by atoms with E-state index in [1.807, 2.05) is 0 Å². The van der Waals surface area contributed by atoms with Crippen molar-refractivity contribution >= 4 is 10.0 Å². The van der Waals surface area contributed by atoms with Crippen LogP contribution < -0.4 is 4.72 Å². The number of alkyl halides is 6. The summed E-state index contributed by atoms with van der Waals surface area (Å²) in [5.41, 5.74) is -2.89. The highest BCUT2D eigenvalue weighted by Gasteiger charge is 2.38. The van der Waals surface area contributed by atoms with Gasteiger partial charge in [-0.2, -0.15) is 26.3 Å². The average Bonchev–Trinajstić information content (AvgIpc) is 2.53. The molecule has 1 N–H and O–H groups in total. The Bertz CT molecular complexity index is 844. The molecule has 2 aromatic carbocycles. The summed E-state index contributed by atoms with van der Waals surface area (Å²) in [5, 5.41) is 0. The smallest absolute Gasteiger partial charge is 0.207 e. The molecule has 142 valence electrons. The van der Waals surface area contributed by atoms with Crippen LogP contribution in [-0.4, -0.2) is 8.42 Å². The Morgan fingerprint density at radius 1 is 0.846 bits per heavy atom. The van der Waals surface area contributed by atoms with Crippen molar-refractivity contribution in [1.29, 1.82) is 0 Å². The van der Waals surface area contributed by atoms with Crippen LogP contribution >= 0.6 is 0 Å². The Morgan fingerprint density at radius 2 is 1.31 bits per heavy atom. The van der Waals surface area contributed by atoms with E-state index in [4.69, 9.17) is 0 Å². The van der Waals surface area contributed by atoms with E-state index in [1.54, 1.807) is 30.3 Å². The van der Waals surface area contributed by atoms with E-state index in [2.05, 4.69) is 4.72 Å². The van der Waals surface area contributed by atoms with Gasteiger partial charge < -0.3 is 0 Å². The lowest BCUT2D eigenvalue weighted by Crippen LogP contribution is -2.27. The molecule has 26 heavy (non-hydrogen) atoms. The minimum Gasteiger partial charge on any atom is -0.207 e. The van der Waals surface area contributed by atoms with Crippen molar-refractivity contribution in [2.24, 2.45) is 0 Å². The minimum absolute atomic E-state index is 0.125. The molecular weight excluding hydrogens is 384 g/mol. The summed E-state index contributed by atoms with van der Waals surface area (Å²) in [7, 11) is -4.62. The van der Waals surface area contributed by atoms with Crippen LogP contribution in [0.15, 0.2) is 53.4 Å². The highest BCUT2D eigenvalue weighted by Crippen LogP contribution is 2.37. The fourth-order valence-corrected chi connectivity index (χ4v) is 3.49. The molecule has 0 radical (unpaired) electrons. The highest BCUT2D eigenvalue weighted by molar-refractivity contribution is 7.89. The molecular formula is C16H13F6NO2S. The van der Waals surface area contributed by atoms with Crippen molar-refractivity contribution in [2.75, 3.05) is 0 Å². The number of sulfonamides is 1. The number of hydrogen-bond donors (Lipinski definition) is 1. The van der Waals surface area contributed by atoms with E-state index < -0.39 is 44.4 Å². The van der Waals surface area contributed by atoms with E-state index in [-0.39, 0.29) is 18.2 Å². The summed E-state index contributed by atoms with van der Waals surface area (Å²) in [6.45, 7) is 1.42. The van der Waals surface area contributed by atoms with Gasteiger partial charge in [-0.3, -0.25) is 0 Å². The largest absolute Gasteiger partial charge is 0.416 e. The normalized spacial score (nSPS) is 14.3. The van der Waals surface area contributed by atoms with Gasteiger partial charge in [-0.1, -0.05) is 30.3 Å². The number of halogens is 6. The maximum atomic E-state index is 12.9. The predicted molar refractivity (Wildman–Crippen MR) is 81.6 cm³/mol. The van der Waals surface area contributed by atoms with Crippen molar-refractivity contribution in [3.8, 4) is 0 Å². The molecule has 0 saturated heterocycles. The van der Waals surface area contributed by atoms with Crippen molar-refractivity contribution in [1.82, 2.24) is 4.72 Å². The fraction of sp³-hybridized carbons (Fsp3) is 0.250. The maximum absolute atomic E-state index is 12.9. The van der Waals surface area contributed by atoms with Crippen LogP contribution in [0, 0.1) is 0 Å². The zero-order valence-electron chi connectivity index (χ0n) is 13.2. The minimum atomic E-state index is -5.13. The molecule has 2 rings (SSSR count). The third-order valence-corrected chi connectivity index (χ3v) is 5.02. The molecule has 1 atom stereocenters. The van der Waals surface area contributed by atoms with E-state index in [9.17, 15) is 34.8 Å². The summed E-state index contributed by atoms with van der Waals surface area (Å²) >= 11 is 0. The van der Waals surface area contributed by atoms with Crippen molar-refractivity contribution in [3.05, 3.63) is 65.2 Å². The molecule has 0 aliphatic heterocycles. The molecule has 0 aromatic heterocycles. The molecule has 10 heteroatoms. The van der Waals surface area contributed by atoms with Crippen molar-refractivity contribution in [3.63, 3.8) is 0 Å². The summed E-state index contributed by atoms with van der Waals surface area (Å²) in [5.74, 6) is 0. The fourth-order valence-electron chi connectivity index (χ4n) is 2.19. The number of benzene rings is 2. The lowest BCUT2D eigenvalue weighted by atomic mass is 10.1. The molecule has 3 nitrogen and oxygen atoms in total. The maximum Gasteiger partial charge on any atom is 0.416 e. The van der Waals surface area contributed by atoms with Gasteiger partial charge in [-0.25, -0.2) is 13.1 Å². The van der Waals surface area contributed by atoms with Crippen LogP contribution in [0.5, 0.6) is 0 Å². The highest BCUT2D eigenvalue weighted by atomic mass is 32.2. The summed E-state index contributed by atoms with van der Waals surface area (Å²) < 4.78 is 104. The Morgan fingerprint density at radius 3 is 1.73 bits per heavy atom. The van der Waals surface area contributed by atoms with Gasteiger partial charge in [0.15, 0.2) is 0 Å². The molecule has 0 saturated carbocycles. The van der Waals surface area contributed by atoms with E-state index in [0.29, 0.717) is 5.56 Å². The summed E-state index contributed by atoms with van der Waals surface area (Å²) in [4.78, 5) is -1.11. The third kappa shape index (κ3) is 4.76. The Hall–Kier alpha value is -2.07. The molecule has 2 aromatic rings. The molecule has 0 spiro atoms. The van der Waals surface area contributed by atoms with Crippen LogP contribution in [0.25, 0.3) is 0 Å². The van der Waals surface area contributed by atoms with Gasteiger partial charge >= 0.3 is 12.4 Å². The van der Waals surface area contributed by atoms with Crippen molar-refractivity contribution < 1.29 is 34.8 Å². The standard InChI is InChI=1S/C16H13F6NO2S/c1-10(11-5-3-2-4-6-11)23-26(24,25)14-8-12(15(17,18)19)7-13(9-14)16(20,21)22/h2-10,23H,1H3/t10-/m0/s1. The molecule has 0 aliphatic carbocycles. The number of nitrogens with one attached hydrogen (secondary N) is 1. The molecule has 0 bridgehead atoms. The van der Waals surface area contributed by atoms with Gasteiger partial charge in [0.1, 0.15) is 0 Å². The third-order valence-electron chi connectivity index (χ3n) is 3.50. The monoisotopic (exact) mass is 397 g/mol. The molecule has 0 aliphatic rings. The van der Waals surface area contributed by atoms with Crippen LogP contribution in [0.1, 0.15) is 29.7 Å². The van der Waals surface area contributed by atoms with Gasteiger partial charge in [0.25, 0.3) is 0 Å². The van der Waals surface area contributed by atoms with Crippen LogP contribution in [-0.2, 0) is 22.4 Å². The zero-order valence-corrected chi connectivity index (χ0v) is 14.0. The lowest BCUT2D eigenvalue weighted by molar-refractivity contribution is -0.143. The summed E-state index contributed by atoms with van der Waals surface area (Å²) in [6.07, 6.45) is -10.3. The van der Waals surface area contributed by atoms with Crippen LogP contribution in [0.3, 0.4) is 0 Å². The molecule has 0 fully saturated rings. The van der Waals surface area contributed by atoms with E-state index >= 15 is 0 Å². The van der Waals surface area contributed by atoms with Crippen LogP contribution in [0.2, 0.25) is 0 Å². The van der Waals surface area contributed by atoms with E-state index in [1.165, 1.54) is 6.92 Å². The first-order valence-corrected chi connectivity index (χ1v) is 8.66. The number of hydrogen-bond acceptors (Lipinski definition) is 2. The SMILES string of the molecule is C[C@H](NS(=O)(=O)c1cc(C(F)(F)F)cc(C(F)(F)F)c1)c1ccccc1. The van der Waals surface area contributed by atoms with Gasteiger partial charge in [0, 0.05) is 6.04 Å². The second-order valence-electron chi connectivity index (χ2n) is 5.50. The van der Waals surface area contributed by atoms with Gasteiger partial charge in [-0.05, 0) is 30.7 Å².